The summed E-state index contributed by atoms with van der Waals surface area (Å²) in [4.78, 5) is 0. The minimum absolute atomic E-state index is 0.355. The Balaban J connectivity index is 3.18. The standard InChI is InChI=1S/C9H11Cl2NO2S/c1-6(15(13,14)12-2)8-4-3-7(10)5-9(8)11/h3-6,12H,1-2H3. The van der Waals surface area contributed by atoms with Crippen LogP contribution in [0.1, 0.15) is 17.7 Å². The third kappa shape index (κ3) is 2.84. The summed E-state index contributed by atoms with van der Waals surface area (Å²) in [6.07, 6.45) is 0. The van der Waals surface area contributed by atoms with E-state index in [-0.39, 0.29) is 0 Å². The van der Waals surface area contributed by atoms with Crippen LogP contribution in [0.25, 0.3) is 0 Å². The first-order valence-electron chi connectivity index (χ1n) is 4.26. The Bertz CT molecular complexity index is 459. The van der Waals surface area contributed by atoms with Gasteiger partial charge in [-0.2, -0.15) is 0 Å². The fraction of sp³-hybridized carbons (Fsp3) is 0.333. The molecule has 1 unspecified atom stereocenters. The van der Waals surface area contributed by atoms with E-state index in [4.69, 9.17) is 23.2 Å². The van der Waals surface area contributed by atoms with Crippen molar-refractivity contribution in [3.8, 4) is 0 Å². The molecule has 84 valence electrons. The van der Waals surface area contributed by atoms with Crippen molar-refractivity contribution < 1.29 is 8.42 Å². The van der Waals surface area contributed by atoms with Gasteiger partial charge in [0, 0.05) is 10.0 Å². The van der Waals surface area contributed by atoms with Gasteiger partial charge in [-0.3, -0.25) is 0 Å². The molecule has 0 saturated heterocycles. The largest absolute Gasteiger partial charge is 0.218 e. The maximum absolute atomic E-state index is 11.5. The van der Waals surface area contributed by atoms with Crippen molar-refractivity contribution in [3.05, 3.63) is 33.8 Å². The summed E-state index contributed by atoms with van der Waals surface area (Å²) in [7, 11) is -1.99. The molecule has 0 aliphatic rings. The molecule has 1 N–H and O–H groups in total. The fourth-order valence-corrected chi connectivity index (χ4v) is 2.71. The van der Waals surface area contributed by atoms with E-state index >= 15 is 0 Å². The van der Waals surface area contributed by atoms with Gasteiger partial charge < -0.3 is 0 Å². The van der Waals surface area contributed by atoms with Crippen molar-refractivity contribution in [2.75, 3.05) is 7.05 Å². The maximum atomic E-state index is 11.5. The smallest absolute Gasteiger partial charge is 0.218 e. The lowest BCUT2D eigenvalue weighted by atomic mass is 10.2. The van der Waals surface area contributed by atoms with E-state index in [1.54, 1.807) is 19.1 Å². The summed E-state index contributed by atoms with van der Waals surface area (Å²) >= 11 is 11.6. The number of sulfonamides is 1. The molecule has 0 aliphatic heterocycles. The average molecular weight is 268 g/mol. The second kappa shape index (κ2) is 4.70. The van der Waals surface area contributed by atoms with E-state index in [9.17, 15) is 8.42 Å². The first-order valence-corrected chi connectivity index (χ1v) is 6.56. The Morgan fingerprint density at radius 1 is 1.33 bits per heavy atom. The number of benzene rings is 1. The second-order valence-corrected chi connectivity index (χ2v) is 6.11. The molecule has 1 rings (SSSR count). The van der Waals surface area contributed by atoms with Crippen LogP contribution in [-0.4, -0.2) is 15.5 Å². The van der Waals surface area contributed by atoms with Crippen LogP contribution < -0.4 is 4.72 Å². The van der Waals surface area contributed by atoms with Crippen LogP contribution >= 0.6 is 23.2 Å². The molecular formula is C9H11Cl2NO2S. The highest BCUT2D eigenvalue weighted by molar-refractivity contribution is 7.89. The molecule has 0 amide bonds. The first kappa shape index (κ1) is 12.8. The number of hydrogen-bond acceptors (Lipinski definition) is 2. The van der Waals surface area contributed by atoms with E-state index in [1.165, 1.54) is 13.1 Å². The lowest BCUT2D eigenvalue weighted by molar-refractivity contribution is 0.578. The summed E-state index contributed by atoms with van der Waals surface area (Å²) in [6, 6.07) is 4.76. The predicted molar refractivity (Wildman–Crippen MR) is 62.9 cm³/mol. The van der Waals surface area contributed by atoms with Gasteiger partial charge in [-0.1, -0.05) is 29.3 Å². The van der Waals surface area contributed by atoms with Crippen molar-refractivity contribution in [1.29, 1.82) is 0 Å². The van der Waals surface area contributed by atoms with E-state index in [2.05, 4.69) is 4.72 Å². The van der Waals surface area contributed by atoms with Gasteiger partial charge in [0.25, 0.3) is 0 Å². The molecule has 0 aliphatic carbocycles. The number of rotatable bonds is 3. The highest BCUT2D eigenvalue weighted by Crippen LogP contribution is 2.29. The molecule has 6 heteroatoms. The van der Waals surface area contributed by atoms with Gasteiger partial charge >= 0.3 is 0 Å². The number of nitrogens with one attached hydrogen (secondary N) is 1. The van der Waals surface area contributed by atoms with E-state index in [0.29, 0.717) is 15.6 Å². The summed E-state index contributed by atoms with van der Waals surface area (Å²) in [5, 5.41) is 0.138. The van der Waals surface area contributed by atoms with Crippen LogP contribution in [0.3, 0.4) is 0 Å². The zero-order chi connectivity index (χ0) is 11.6. The maximum Gasteiger partial charge on any atom is 0.218 e. The van der Waals surface area contributed by atoms with Crippen LogP contribution in [-0.2, 0) is 10.0 Å². The molecule has 0 fully saturated rings. The minimum Gasteiger partial charge on any atom is -0.218 e. The number of halogens is 2. The summed E-state index contributed by atoms with van der Waals surface area (Å²) in [6.45, 7) is 1.57. The lowest BCUT2D eigenvalue weighted by Crippen LogP contribution is -2.24. The monoisotopic (exact) mass is 267 g/mol. The van der Waals surface area contributed by atoms with Gasteiger partial charge in [0.2, 0.25) is 10.0 Å². The number of hydrogen-bond donors (Lipinski definition) is 1. The van der Waals surface area contributed by atoms with Gasteiger partial charge in [0.1, 0.15) is 0 Å². The van der Waals surface area contributed by atoms with Crippen molar-refractivity contribution in [2.45, 2.75) is 12.2 Å². The normalized spacial score (nSPS) is 13.9. The van der Waals surface area contributed by atoms with E-state index < -0.39 is 15.3 Å². The molecule has 0 bridgehead atoms. The first-order chi connectivity index (χ1) is 6.88. The molecule has 0 saturated carbocycles. The Hall–Kier alpha value is -0.290. The minimum atomic E-state index is -3.36. The third-order valence-electron chi connectivity index (χ3n) is 2.15. The second-order valence-electron chi connectivity index (χ2n) is 3.06. The molecule has 0 radical (unpaired) electrons. The van der Waals surface area contributed by atoms with Crippen LogP contribution in [0.5, 0.6) is 0 Å². The van der Waals surface area contributed by atoms with Gasteiger partial charge in [0.05, 0.1) is 5.25 Å². The lowest BCUT2D eigenvalue weighted by Gasteiger charge is -2.13. The van der Waals surface area contributed by atoms with E-state index in [1.807, 2.05) is 0 Å². The SMILES string of the molecule is CNS(=O)(=O)C(C)c1ccc(Cl)cc1Cl. The Morgan fingerprint density at radius 2 is 1.93 bits per heavy atom. The Kier molecular flexibility index (Phi) is 4.00. The quantitative estimate of drug-likeness (QED) is 0.915. The third-order valence-corrected chi connectivity index (χ3v) is 4.47. The topological polar surface area (TPSA) is 46.2 Å². The summed E-state index contributed by atoms with van der Waals surface area (Å²) < 4.78 is 25.3. The zero-order valence-electron chi connectivity index (χ0n) is 8.29. The molecule has 3 nitrogen and oxygen atoms in total. The van der Waals surface area contributed by atoms with Crippen molar-refractivity contribution in [2.24, 2.45) is 0 Å². The zero-order valence-corrected chi connectivity index (χ0v) is 10.6. The molecular weight excluding hydrogens is 257 g/mol. The fourth-order valence-electron chi connectivity index (χ4n) is 1.18. The molecule has 0 heterocycles. The predicted octanol–water partition coefficient (Wildman–Crippen LogP) is 2.60. The van der Waals surface area contributed by atoms with Crippen molar-refractivity contribution >= 4 is 33.2 Å². The Morgan fingerprint density at radius 3 is 2.40 bits per heavy atom. The van der Waals surface area contributed by atoms with Gasteiger partial charge in [-0.15, -0.1) is 0 Å². The molecule has 1 atom stereocenters. The molecule has 15 heavy (non-hydrogen) atoms. The van der Waals surface area contributed by atoms with Gasteiger partial charge in [0.15, 0.2) is 0 Å². The van der Waals surface area contributed by atoms with Crippen molar-refractivity contribution in [3.63, 3.8) is 0 Å². The average Bonchev–Trinajstić information content (AvgIpc) is 2.17. The van der Waals surface area contributed by atoms with Gasteiger partial charge in [-0.25, -0.2) is 13.1 Å². The van der Waals surface area contributed by atoms with Crippen LogP contribution in [0.4, 0.5) is 0 Å². The molecule has 0 spiro atoms. The highest BCUT2D eigenvalue weighted by Gasteiger charge is 2.22. The molecule has 1 aromatic carbocycles. The summed E-state index contributed by atoms with van der Waals surface area (Å²) in [5.74, 6) is 0. The van der Waals surface area contributed by atoms with Crippen LogP contribution in [0, 0.1) is 0 Å². The van der Waals surface area contributed by atoms with Crippen LogP contribution in [0.2, 0.25) is 10.0 Å². The highest BCUT2D eigenvalue weighted by atomic mass is 35.5. The van der Waals surface area contributed by atoms with Crippen LogP contribution in [0.15, 0.2) is 18.2 Å². The molecule has 1 aromatic rings. The Labute approximate surface area is 99.4 Å². The summed E-state index contributed by atoms with van der Waals surface area (Å²) in [5.41, 5.74) is 0.537. The van der Waals surface area contributed by atoms with Crippen molar-refractivity contribution in [1.82, 2.24) is 4.72 Å². The van der Waals surface area contributed by atoms with E-state index in [0.717, 1.165) is 0 Å². The van der Waals surface area contributed by atoms with Gasteiger partial charge in [-0.05, 0) is 31.7 Å². The molecule has 0 aromatic heterocycles.